The van der Waals surface area contributed by atoms with Crippen molar-refractivity contribution in [3.05, 3.63) is 35.4 Å². The molecule has 0 heterocycles. The van der Waals surface area contributed by atoms with Crippen LogP contribution in [0.1, 0.15) is 24.0 Å². The molecule has 102 valence electrons. The number of hydrogen-bond donors (Lipinski definition) is 1. The lowest BCUT2D eigenvalue weighted by Crippen LogP contribution is -2.41. The number of amides is 1. The number of benzene rings is 1. The van der Waals surface area contributed by atoms with Crippen LogP contribution in [0.2, 0.25) is 0 Å². The maximum absolute atomic E-state index is 12.4. The third kappa shape index (κ3) is 2.52. The van der Waals surface area contributed by atoms with E-state index in [0.29, 0.717) is 5.92 Å². The maximum atomic E-state index is 12.4. The Morgan fingerprint density at radius 2 is 1.84 bits per heavy atom. The van der Waals surface area contributed by atoms with Gasteiger partial charge in [-0.1, -0.05) is 24.3 Å². The lowest BCUT2D eigenvalue weighted by Gasteiger charge is -2.35. The Balaban J connectivity index is 1.57. The van der Waals surface area contributed by atoms with Gasteiger partial charge in [-0.15, -0.1) is 0 Å². The van der Waals surface area contributed by atoms with Crippen LogP contribution in [-0.2, 0) is 17.6 Å². The Labute approximate surface area is 114 Å². The number of hydrogen-bond acceptors (Lipinski definition) is 2. The number of carbonyl (C=O) groups is 1. The summed E-state index contributed by atoms with van der Waals surface area (Å²) in [6.07, 6.45) is 3.33. The Hall–Kier alpha value is -1.35. The molecule has 1 aromatic rings. The highest BCUT2D eigenvalue weighted by molar-refractivity contribution is 5.80. The summed E-state index contributed by atoms with van der Waals surface area (Å²) in [5.41, 5.74) is 2.65. The van der Waals surface area contributed by atoms with Crippen molar-refractivity contribution in [1.29, 1.82) is 0 Å². The number of aliphatic hydroxyl groups is 1. The van der Waals surface area contributed by atoms with Crippen molar-refractivity contribution >= 4 is 5.91 Å². The first-order valence-electron chi connectivity index (χ1n) is 7.13. The van der Waals surface area contributed by atoms with E-state index < -0.39 is 0 Å². The van der Waals surface area contributed by atoms with Crippen LogP contribution in [0.3, 0.4) is 0 Å². The molecule has 3 nitrogen and oxygen atoms in total. The monoisotopic (exact) mass is 259 g/mol. The molecule has 2 aliphatic rings. The quantitative estimate of drug-likeness (QED) is 0.896. The van der Waals surface area contributed by atoms with Gasteiger partial charge in [-0.2, -0.15) is 0 Å². The second-order valence-corrected chi connectivity index (χ2v) is 6.08. The van der Waals surface area contributed by atoms with Crippen molar-refractivity contribution in [3.8, 4) is 0 Å². The van der Waals surface area contributed by atoms with E-state index in [2.05, 4.69) is 12.1 Å². The van der Waals surface area contributed by atoms with Gasteiger partial charge in [-0.05, 0) is 42.7 Å². The predicted molar refractivity (Wildman–Crippen MR) is 73.7 cm³/mol. The Morgan fingerprint density at radius 1 is 1.26 bits per heavy atom. The molecule has 0 saturated heterocycles. The van der Waals surface area contributed by atoms with E-state index in [9.17, 15) is 9.90 Å². The molecule has 3 heteroatoms. The summed E-state index contributed by atoms with van der Waals surface area (Å²) in [5, 5.41) is 9.30. The molecule has 2 aliphatic carbocycles. The second-order valence-electron chi connectivity index (χ2n) is 6.08. The third-order valence-electron chi connectivity index (χ3n) is 4.52. The average Bonchev–Trinajstić information content (AvgIpc) is 2.79. The van der Waals surface area contributed by atoms with E-state index >= 15 is 0 Å². The highest BCUT2D eigenvalue weighted by Gasteiger charge is 2.33. The molecule has 3 rings (SSSR count). The second kappa shape index (κ2) is 4.97. The van der Waals surface area contributed by atoms with E-state index in [1.807, 2.05) is 24.1 Å². The molecule has 0 spiro atoms. The number of aliphatic hydroxyl groups excluding tert-OH is 1. The molecular weight excluding hydrogens is 238 g/mol. The first-order chi connectivity index (χ1) is 9.13. The minimum absolute atomic E-state index is 0.118. The van der Waals surface area contributed by atoms with Gasteiger partial charge in [-0.25, -0.2) is 0 Å². The molecule has 0 aromatic heterocycles. The van der Waals surface area contributed by atoms with E-state index in [1.165, 1.54) is 11.1 Å². The molecule has 1 saturated carbocycles. The van der Waals surface area contributed by atoms with E-state index in [4.69, 9.17) is 0 Å². The highest BCUT2D eigenvalue weighted by Crippen LogP contribution is 2.30. The molecule has 1 fully saturated rings. The van der Waals surface area contributed by atoms with Crippen LogP contribution in [0.15, 0.2) is 24.3 Å². The molecule has 0 bridgehead atoms. The zero-order valence-electron chi connectivity index (χ0n) is 11.4. The smallest absolute Gasteiger partial charge is 0.226 e. The van der Waals surface area contributed by atoms with Gasteiger partial charge in [-0.3, -0.25) is 4.79 Å². The first kappa shape index (κ1) is 12.7. The predicted octanol–water partition coefficient (Wildman–Crippen LogP) is 1.63. The molecular formula is C16H21NO2. The van der Waals surface area contributed by atoms with Gasteiger partial charge in [0.1, 0.15) is 0 Å². The number of nitrogens with zero attached hydrogens (tertiary/aromatic N) is 1. The standard InChI is InChI=1S/C16H21NO2/c1-17(10-11-6-15(18)7-11)16(19)14-8-12-4-2-3-5-13(12)9-14/h2-5,11,14-15,18H,6-10H2,1H3. The average molecular weight is 259 g/mol. The Bertz CT molecular complexity index is 454. The van der Waals surface area contributed by atoms with Crippen LogP contribution in [0.5, 0.6) is 0 Å². The summed E-state index contributed by atoms with van der Waals surface area (Å²) in [6.45, 7) is 0.794. The van der Waals surface area contributed by atoms with Crippen LogP contribution >= 0.6 is 0 Å². The Kier molecular flexibility index (Phi) is 3.31. The maximum Gasteiger partial charge on any atom is 0.226 e. The molecule has 19 heavy (non-hydrogen) atoms. The fraction of sp³-hybridized carbons (Fsp3) is 0.562. The van der Waals surface area contributed by atoms with Crippen molar-refractivity contribution < 1.29 is 9.90 Å². The summed E-state index contributed by atoms with van der Waals surface area (Å²) in [6, 6.07) is 8.35. The van der Waals surface area contributed by atoms with E-state index in [-0.39, 0.29) is 17.9 Å². The van der Waals surface area contributed by atoms with E-state index in [0.717, 1.165) is 32.2 Å². The molecule has 1 amide bonds. The SMILES string of the molecule is CN(CC1CC(O)C1)C(=O)C1Cc2ccccc2C1. The number of fused-ring (bicyclic) bond motifs is 1. The first-order valence-corrected chi connectivity index (χ1v) is 7.13. The minimum Gasteiger partial charge on any atom is -0.393 e. The van der Waals surface area contributed by atoms with Crippen LogP contribution in [-0.4, -0.2) is 35.6 Å². The lowest BCUT2D eigenvalue weighted by molar-refractivity contribution is -0.135. The highest BCUT2D eigenvalue weighted by atomic mass is 16.3. The van der Waals surface area contributed by atoms with Crippen molar-refractivity contribution in [2.45, 2.75) is 31.8 Å². The third-order valence-corrected chi connectivity index (χ3v) is 4.52. The fourth-order valence-electron chi connectivity index (χ4n) is 3.37. The van der Waals surface area contributed by atoms with Crippen LogP contribution in [0, 0.1) is 11.8 Å². The van der Waals surface area contributed by atoms with Gasteiger partial charge < -0.3 is 10.0 Å². The van der Waals surface area contributed by atoms with Gasteiger partial charge in [0, 0.05) is 19.5 Å². The summed E-state index contributed by atoms with van der Waals surface area (Å²) in [5.74, 6) is 0.873. The minimum atomic E-state index is -0.135. The van der Waals surface area contributed by atoms with Crippen LogP contribution in [0.4, 0.5) is 0 Å². The molecule has 0 atom stereocenters. The normalized spacial score (nSPS) is 25.8. The van der Waals surface area contributed by atoms with Gasteiger partial charge in [0.25, 0.3) is 0 Å². The number of carbonyl (C=O) groups excluding carboxylic acids is 1. The Morgan fingerprint density at radius 3 is 2.37 bits per heavy atom. The van der Waals surface area contributed by atoms with Gasteiger partial charge >= 0.3 is 0 Å². The van der Waals surface area contributed by atoms with Crippen molar-refractivity contribution in [2.75, 3.05) is 13.6 Å². The zero-order chi connectivity index (χ0) is 13.4. The molecule has 0 unspecified atom stereocenters. The van der Waals surface area contributed by atoms with Crippen LogP contribution in [0.25, 0.3) is 0 Å². The molecule has 1 aromatic carbocycles. The van der Waals surface area contributed by atoms with Gasteiger partial charge in [0.15, 0.2) is 0 Å². The van der Waals surface area contributed by atoms with E-state index in [1.54, 1.807) is 0 Å². The van der Waals surface area contributed by atoms with Gasteiger partial charge in [0.2, 0.25) is 5.91 Å². The molecule has 0 aliphatic heterocycles. The van der Waals surface area contributed by atoms with Gasteiger partial charge in [0.05, 0.1) is 6.10 Å². The molecule has 0 radical (unpaired) electrons. The van der Waals surface area contributed by atoms with Crippen molar-refractivity contribution in [3.63, 3.8) is 0 Å². The van der Waals surface area contributed by atoms with Crippen molar-refractivity contribution in [2.24, 2.45) is 11.8 Å². The van der Waals surface area contributed by atoms with Crippen LogP contribution < -0.4 is 0 Å². The lowest BCUT2D eigenvalue weighted by atomic mass is 9.82. The summed E-state index contributed by atoms with van der Waals surface area (Å²) in [7, 11) is 1.90. The zero-order valence-corrected chi connectivity index (χ0v) is 11.4. The van der Waals surface area contributed by atoms with Crippen molar-refractivity contribution in [1.82, 2.24) is 4.90 Å². The largest absolute Gasteiger partial charge is 0.393 e. The summed E-state index contributed by atoms with van der Waals surface area (Å²) >= 11 is 0. The summed E-state index contributed by atoms with van der Waals surface area (Å²) < 4.78 is 0. The molecule has 1 N–H and O–H groups in total. The summed E-state index contributed by atoms with van der Waals surface area (Å²) in [4.78, 5) is 14.3. The fourth-order valence-corrected chi connectivity index (χ4v) is 3.37. The number of rotatable bonds is 3. The topological polar surface area (TPSA) is 40.5 Å².